The van der Waals surface area contributed by atoms with Crippen molar-refractivity contribution in [1.82, 2.24) is 9.55 Å². The van der Waals surface area contributed by atoms with Crippen LogP contribution in [0, 0.1) is 4.77 Å². The molecule has 0 aliphatic carbocycles. The first-order valence-corrected chi connectivity index (χ1v) is 6.87. The van der Waals surface area contributed by atoms with Gasteiger partial charge in [-0.25, -0.2) is 0 Å². The number of halogens is 4. The van der Waals surface area contributed by atoms with Gasteiger partial charge in [0.15, 0.2) is 4.77 Å². The SMILES string of the molecule is Oc1ccc(Cl)cc1-n1c(=S)[nH]c2cc(C(F)(F)F)ccc21. The third-order valence-corrected chi connectivity index (χ3v) is 3.71. The summed E-state index contributed by atoms with van der Waals surface area (Å²) in [6.45, 7) is 0. The van der Waals surface area contributed by atoms with Crippen molar-refractivity contribution in [2.45, 2.75) is 6.18 Å². The molecule has 114 valence electrons. The number of phenols is 1. The smallest absolute Gasteiger partial charge is 0.416 e. The molecule has 0 saturated carbocycles. The third kappa shape index (κ3) is 2.46. The fourth-order valence-electron chi connectivity index (χ4n) is 2.20. The van der Waals surface area contributed by atoms with E-state index in [4.69, 9.17) is 23.8 Å². The lowest BCUT2D eigenvalue weighted by Crippen LogP contribution is -2.04. The Morgan fingerprint density at radius 3 is 2.55 bits per heavy atom. The predicted molar refractivity (Wildman–Crippen MR) is 80.1 cm³/mol. The molecule has 0 atom stereocenters. The van der Waals surface area contributed by atoms with Gasteiger partial charge >= 0.3 is 6.18 Å². The Bertz CT molecular complexity index is 930. The van der Waals surface area contributed by atoms with Gasteiger partial charge in [-0.3, -0.25) is 4.57 Å². The Balaban J connectivity index is 2.30. The quantitative estimate of drug-likeness (QED) is 0.605. The summed E-state index contributed by atoms with van der Waals surface area (Å²) in [6, 6.07) is 7.61. The van der Waals surface area contributed by atoms with E-state index in [1.165, 1.54) is 28.8 Å². The van der Waals surface area contributed by atoms with Crippen molar-refractivity contribution in [2.75, 3.05) is 0 Å². The fraction of sp³-hybridized carbons (Fsp3) is 0.0714. The van der Waals surface area contributed by atoms with Gasteiger partial charge < -0.3 is 10.1 Å². The van der Waals surface area contributed by atoms with Gasteiger partial charge in [-0.2, -0.15) is 13.2 Å². The molecule has 8 heteroatoms. The molecule has 0 aliphatic heterocycles. The standard InChI is InChI=1S/C14H8ClF3N2OS/c15-8-2-4-12(21)11(6-8)20-10-3-1-7(14(16,17)18)5-9(10)19-13(20)22/h1-6,21H,(H,19,22). The summed E-state index contributed by atoms with van der Waals surface area (Å²) < 4.78 is 39.9. The number of benzene rings is 2. The summed E-state index contributed by atoms with van der Waals surface area (Å²) in [5.74, 6) is -0.0821. The van der Waals surface area contributed by atoms with E-state index in [0.717, 1.165) is 12.1 Å². The maximum atomic E-state index is 12.8. The van der Waals surface area contributed by atoms with Crippen molar-refractivity contribution >= 4 is 34.9 Å². The molecule has 3 aromatic rings. The molecular formula is C14H8ClF3N2OS. The molecule has 0 unspecified atom stereocenters. The number of fused-ring (bicyclic) bond motifs is 1. The molecule has 0 amide bonds. The van der Waals surface area contributed by atoms with Crippen LogP contribution in [0.4, 0.5) is 13.2 Å². The number of aromatic hydroxyl groups is 1. The predicted octanol–water partition coefficient (Wildman–Crippen LogP) is 5.07. The van der Waals surface area contributed by atoms with E-state index in [1.807, 2.05) is 0 Å². The minimum Gasteiger partial charge on any atom is -0.506 e. The zero-order valence-corrected chi connectivity index (χ0v) is 12.4. The van der Waals surface area contributed by atoms with Crippen LogP contribution in [-0.2, 0) is 6.18 Å². The summed E-state index contributed by atoms with van der Waals surface area (Å²) in [6.07, 6.45) is -4.44. The van der Waals surface area contributed by atoms with Crippen molar-refractivity contribution in [3.8, 4) is 11.4 Å². The van der Waals surface area contributed by atoms with Crippen LogP contribution in [0.2, 0.25) is 5.02 Å². The largest absolute Gasteiger partial charge is 0.506 e. The van der Waals surface area contributed by atoms with Gasteiger partial charge in [0.1, 0.15) is 5.75 Å². The first-order valence-electron chi connectivity index (χ1n) is 6.08. The minimum absolute atomic E-state index is 0.0821. The molecule has 3 rings (SSSR count). The number of nitrogens with zero attached hydrogens (tertiary/aromatic N) is 1. The number of aromatic amines is 1. The summed E-state index contributed by atoms with van der Waals surface area (Å²) in [4.78, 5) is 2.71. The Morgan fingerprint density at radius 1 is 1.14 bits per heavy atom. The molecular weight excluding hydrogens is 337 g/mol. The molecule has 0 fully saturated rings. The van der Waals surface area contributed by atoms with Crippen LogP contribution in [0.15, 0.2) is 36.4 Å². The van der Waals surface area contributed by atoms with Gasteiger partial charge in [-0.1, -0.05) is 11.6 Å². The van der Waals surface area contributed by atoms with Gasteiger partial charge in [-0.05, 0) is 48.6 Å². The van der Waals surface area contributed by atoms with E-state index in [2.05, 4.69) is 4.98 Å². The fourth-order valence-corrected chi connectivity index (χ4v) is 2.68. The zero-order chi connectivity index (χ0) is 16.1. The Kier molecular flexibility index (Phi) is 3.41. The lowest BCUT2D eigenvalue weighted by Gasteiger charge is -2.09. The second-order valence-corrected chi connectivity index (χ2v) is 5.45. The Morgan fingerprint density at radius 2 is 1.86 bits per heavy atom. The number of hydrogen-bond acceptors (Lipinski definition) is 2. The first-order chi connectivity index (χ1) is 10.3. The topological polar surface area (TPSA) is 41.0 Å². The summed E-state index contributed by atoms with van der Waals surface area (Å²) >= 11 is 11.1. The van der Waals surface area contributed by atoms with Gasteiger partial charge in [-0.15, -0.1) is 0 Å². The van der Waals surface area contributed by atoms with Crippen LogP contribution < -0.4 is 0 Å². The molecule has 0 saturated heterocycles. The maximum Gasteiger partial charge on any atom is 0.416 e. The number of aromatic nitrogens is 2. The van der Waals surface area contributed by atoms with Crippen molar-refractivity contribution in [3.63, 3.8) is 0 Å². The summed E-state index contributed by atoms with van der Waals surface area (Å²) in [5.41, 5.74) is 0.150. The van der Waals surface area contributed by atoms with Crippen LogP contribution in [0.25, 0.3) is 16.7 Å². The van der Waals surface area contributed by atoms with E-state index >= 15 is 0 Å². The number of imidazole rings is 1. The molecule has 2 aromatic carbocycles. The molecule has 0 radical (unpaired) electrons. The van der Waals surface area contributed by atoms with Crippen LogP contribution in [0.3, 0.4) is 0 Å². The van der Waals surface area contributed by atoms with Crippen molar-refractivity contribution < 1.29 is 18.3 Å². The normalized spacial score (nSPS) is 12.0. The van der Waals surface area contributed by atoms with Crippen LogP contribution in [0.1, 0.15) is 5.56 Å². The highest BCUT2D eigenvalue weighted by Gasteiger charge is 2.30. The summed E-state index contributed by atoms with van der Waals surface area (Å²) in [5, 5.41) is 10.3. The van der Waals surface area contributed by atoms with Gasteiger partial charge in [0, 0.05) is 5.02 Å². The number of hydrogen-bond donors (Lipinski definition) is 2. The second kappa shape index (κ2) is 5.03. The molecule has 1 aromatic heterocycles. The Labute approximate surface area is 132 Å². The van der Waals surface area contributed by atoms with E-state index < -0.39 is 11.7 Å². The molecule has 1 heterocycles. The van der Waals surface area contributed by atoms with Crippen molar-refractivity contribution in [2.24, 2.45) is 0 Å². The molecule has 2 N–H and O–H groups in total. The van der Waals surface area contributed by atoms with E-state index in [-0.39, 0.29) is 16.0 Å². The van der Waals surface area contributed by atoms with Gasteiger partial charge in [0.25, 0.3) is 0 Å². The minimum atomic E-state index is -4.44. The molecule has 22 heavy (non-hydrogen) atoms. The molecule has 0 spiro atoms. The first kappa shape index (κ1) is 14.9. The highest BCUT2D eigenvalue weighted by molar-refractivity contribution is 7.71. The van der Waals surface area contributed by atoms with E-state index in [9.17, 15) is 18.3 Å². The number of nitrogens with one attached hydrogen (secondary N) is 1. The van der Waals surface area contributed by atoms with Crippen LogP contribution >= 0.6 is 23.8 Å². The molecule has 0 aliphatic rings. The van der Waals surface area contributed by atoms with Crippen molar-refractivity contribution in [3.05, 3.63) is 51.8 Å². The summed E-state index contributed by atoms with van der Waals surface area (Å²) in [7, 11) is 0. The van der Waals surface area contributed by atoms with Crippen LogP contribution in [-0.4, -0.2) is 14.7 Å². The second-order valence-electron chi connectivity index (χ2n) is 4.63. The third-order valence-electron chi connectivity index (χ3n) is 3.19. The number of H-pyrrole nitrogens is 1. The van der Waals surface area contributed by atoms with E-state index in [1.54, 1.807) is 0 Å². The van der Waals surface area contributed by atoms with Gasteiger partial charge in [0.2, 0.25) is 0 Å². The van der Waals surface area contributed by atoms with Crippen LogP contribution in [0.5, 0.6) is 5.75 Å². The number of rotatable bonds is 1. The average molecular weight is 345 g/mol. The maximum absolute atomic E-state index is 12.8. The Hall–Kier alpha value is -1.99. The molecule has 3 nitrogen and oxygen atoms in total. The zero-order valence-electron chi connectivity index (χ0n) is 10.8. The van der Waals surface area contributed by atoms with Crippen molar-refractivity contribution in [1.29, 1.82) is 0 Å². The monoisotopic (exact) mass is 344 g/mol. The van der Waals surface area contributed by atoms with E-state index in [0.29, 0.717) is 16.2 Å². The highest BCUT2D eigenvalue weighted by atomic mass is 35.5. The number of alkyl halides is 3. The van der Waals surface area contributed by atoms with Gasteiger partial charge in [0.05, 0.1) is 22.3 Å². The highest BCUT2D eigenvalue weighted by Crippen LogP contribution is 2.33. The average Bonchev–Trinajstić information content (AvgIpc) is 2.75. The lowest BCUT2D eigenvalue weighted by atomic mass is 10.2. The lowest BCUT2D eigenvalue weighted by molar-refractivity contribution is -0.137. The molecule has 0 bridgehead atoms. The number of phenolic OH excluding ortho intramolecular Hbond substituents is 1.